The Hall–Kier alpha value is -0.293. The molecule has 0 aromatic heterocycles. The van der Waals surface area contributed by atoms with E-state index in [1.54, 1.807) is 20.3 Å². The third kappa shape index (κ3) is 3.18. The lowest BCUT2D eigenvalue weighted by Gasteiger charge is -2.45. The summed E-state index contributed by atoms with van der Waals surface area (Å²) in [7, 11) is -1.53. The first-order valence-corrected chi connectivity index (χ1v) is 18.2. The molecule has 0 radical (unpaired) electrons. The molecule has 4 heteroatoms. The van der Waals surface area contributed by atoms with Crippen molar-refractivity contribution in [3.8, 4) is 0 Å². The van der Waals surface area contributed by atoms with Gasteiger partial charge in [-0.1, -0.05) is 68.1 Å². The van der Waals surface area contributed by atoms with Gasteiger partial charge < -0.3 is 0 Å². The van der Waals surface area contributed by atoms with Gasteiger partial charge in [0.2, 0.25) is 0 Å². The molecule has 0 N–H and O–H groups in total. The molecule has 2 fully saturated rings. The number of fused-ring (bicyclic) bond motifs is 4. The first kappa shape index (κ1) is 22.2. The zero-order chi connectivity index (χ0) is 22.4. The largest absolute Gasteiger partial charge is 0.127 e. The summed E-state index contributed by atoms with van der Waals surface area (Å²) >= 11 is 6.76. The molecular weight excluding hydrogens is 461 g/mol. The molecule has 2 saturated carbocycles. The molecule has 0 saturated heterocycles. The van der Waals surface area contributed by atoms with Crippen molar-refractivity contribution in [3.05, 3.63) is 63.4 Å². The Balaban J connectivity index is 1.34. The van der Waals surface area contributed by atoms with E-state index >= 15 is 0 Å². The third-order valence-electron chi connectivity index (χ3n) is 9.32. The molecule has 2 aliphatic carbocycles. The van der Waals surface area contributed by atoms with Crippen LogP contribution in [0.1, 0.15) is 39.7 Å². The minimum atomic E-state index is -1.53. The van der Waals surface area contributed by atoms with E-state index in [0.29, 0.717) is 0 Å². The molecule has 0 nitrogen and oxygen atoms in total. The van der Waals surface area contributed by atoms with Gasteiger partial charge in [0.25, 0.3) is 0 Å². The highest BCUT2D eigenvalue weighted by Gasteiger charge is 2.63. The van der Waals surface area contributed by atoms with Crippen molar-refractivity contribution >= 4 is 48.3 Å². The second-order valence-corrected chi connectivity index (χ2v) is 20.5. The van der Waals surface area contributed by atoms with E-state index in [9.17, 15) is 0 Å². The van der Waals surface area contributed by atoms with Gasteiger partial charge in [-0.05, 0) is 77.3 Å². The second kappa shape index (κ2) is 7.86. The van der Waals surface area contributed by atoms with Gasteiger partial charge in [-0.25, -0.2) is 0 Å². The van der Waals surface area contributed by atoms with E-state index in [4.69, 9.17) is 0 Å². The van der Waals surface area contributed by atoms with Crippen LogP contribution in [0.15, 0.2) is 57.9 Å². The van der Waals surface area contributed by atoms with Crippen LogP contribution in [0.25, 0.3) is 4.91 Å². The number of hydrogen-bond donors (Lipinski definition) is 0. The first-order chi connectivity index (χ1) is 15.3. The fourth-order valence-electron chi connectivity index (χ4n) is 8.21. The van der Waals surface area contributed by atoms with Crippen LogP contribution in [0.4, 0.5) is 0 Å². The molecule has 0 spiro atoms. The van der Waals surface area contributed by atoms with Crippen molar-refractivity contribution in [2.75, 3.05) is 0 Å². The summed E-state index contributed by atoms with van der Waals surface area (Å²) in [4.78, 5) is 4.78. The lowest BCUT2D eigenvalue weighted by molar-refractivity contribution is 0.563. The Labute approximate surface area is 208 Å². The van der Waals surface area contributed by atoms with Crippen LogP contribution in [0.3, 0.4) is 0 Å². The van der Waals surface area contributed by atoms with Crippen molar-refractivity contribution in [1.29, 1.82) is 0 Å². The maximum absolute atomic E-state index is 2.81. The molecule has 32 heavy (non-hydrogen) atoms. The fourth-order valence-corrected chi connectivity index (χ4v) is 21.9. The highest BCUT2D eigenvalue weighted by molar-refractivity contribution is 8.09. The summed E-state index contributed by atoms with van der Waals surface area (Å²) in [5, 5.41) is 2.48. The molecule has 8 atom stereocenters. The topological polar surface area (TPSA) is 0 Å². The smallest absolute Gasteiger partial charge is 0.0575 e. The monoisotopic (exact) mass is 496 g/mol. The van der Waals surface area contributed by atoms with Crippen molar-refractivity contribution < 1.29 is 0 Å². The number of thioether (sulfide) groups is 3. The quantitative estimate of drug-likeness (QED) is 0.383. The standard InChI is InChI=1S/C28H36S3Si/c1-15-12-20-18(4)23(19-10-8-7-9-11-19)31-24(20)27(15)32(5,6)28-25-21(13-16(2)29-25)22-14-17(3)30-26(22)28/h7-11,13-15,20-22,24-28H,12H2,1-6H3. The van der Waals surface area contributed by atoms with Crippen molar-refractivity contribution in [3.63, 3.8) is 0 Å². The second-order valence-electron chi connectivity index (χ2n) is 11.5. The van der Waals surface area contributed by atoms with Gasteiger partial charge in [0, 0.05) is 20.7 Å². The van der Waals surface area contributed by atoms with Crippen molar-refractivity contribution in [2.24, 2.45) is 23.7 Å². The van der Waals surface area contributed by atoms with E-state index in [0.717, 1.165) is 50.5 Å². The number of allylic oxidation sites excluding steroid dienone is 5. The Bertz CT molecular complexity index is 990. The van der Waals surface area contributed by atoms with Gasteiger partial charge >= 0.3 is 0 Å². The first-order valence-electron chi connectivity index (χ1n) is 12.4. The minimum absolute atomic E-state index is 0.787. The average Bonchev–Trinajstić information content (AvgIpc) is 3.50. The Morgan fingerprint density at radius 1 is 0.781 bits per heavy atom. The third-order valence-corrected chi connectivity index (χ3v) is 19.6. The van der Waals surface area contributed by atoms with Gasteiger partial charge in [-0.3, -0.25) is 0 Å². The van der Waals surface area contributed by atoms with E-state index in [-0.39, 0.29) is 0 Å². The molecule has 1 aromatic carbocycles. The molecule has 3 heterocycles. The van der Waals surface area contributed by atoms with E-state index in [2.05, 4.69) is 119 Å². The summed E-state index contributed by atoms with van der Waals surface area (Å²) in [5.41, 5.74) is 4.98. The van der Waals surface area contributed by atoms with Gasteiger partial charge in [0.15, 0.2) is 0 Å². The predicted octanol–water partition coefficient (Wildman–Crippen LogP) is 8.92. The molecule has 3 aliphatic heterocycles. The van der Waals surface area contributed by atoms with Crippen molar-refractivity contribution in [1.82, 2.24) is 0 Å². The number of hydrogen-bond acceptors (Lipinski definition) is 3. The molecule has 8 unspecified atom stereocenters. The van der Waals surface area contributed by atoms with Crippen LogP contribution >= 0.6 is 35.3 Å². The molecule has 0 amide bonds. The van der Waals surface area contributed by atoms with E-state index in [1.807, 2.05) is 0 Å². The maximum atomic E-state index is 2.81. The highest BCUT2D eigenvalue weighted by atomic mass is 32.2. The molecule has 170 valence electrons. The fraction of sp³-hybridized carbons (Fsp3) is 0.571. The number of rotatable bonds is 3. The SMILES string of the molecule is CC1=CC2C3C=C(C)SC3C([Si](C)(C)C3C(C)CC4C(C)=C(c5ccccc5)SC43)C2S1. The van der Waals surface area contributed by atoms with Crippen LogP contribution < -0.4 is 0 Å². The predicted molar refractivity (Wildman–Crippen MR) is 150 cm³/mol. The summed E-state index contributed by atoms with van der Waals surface area (Å²) < 4.78 is 0. The summed E-state index contributed by atoms with van der Waals surface area (Å²) in [6, 6.07) is 11.2. The normalized spacial score (nSPS) is 42.8. The minimum Gasteiger partial charge on any atom is -0.127 e. The van der Waals surface area contributed by atoms with Gasteiger partial charge in [0.05, 0.1) is 8.07 Å². The molecular formula is C28H36S3Si. The Morgan fingerprint density at radius 3 is 1.97 bits per heavy atom. The van der Waals surface area contributed by atoms with Gasteiger partial charge in [-0.15, -0.1) is 35.3 Å². The van der Waals surface area contributed by atoms with Crippen molar-refractivity contribution in [2.45, 2.75) is 74.0 Å². The lowest BCUT2D eigenvalue weighted by Crippen LogP contribution is -2.48. The highest BCUT2D eigenvalue weighted by Crippen LogP contribution is 2.70. The summed E-state index contributed by atoms with van der Waals surface area (Å²) in [5.74, 6) is 3.23. The van der Waals surface area contributed by atoms with E-state index in [1.165, 1.54) is 12.0 Å². The molecule has 0 bridgehead atoms. The zero-order valence-corrected chi connectivity index (χ0v) is 23.6. The van der Waals surface area contributed by atoms with Crippen LogP contribution in [0, 0.1) is 23.7 Å². The number of benzene rings is 1. The zero-order valence-electron chi connectivity index (χ0n) is 20.2. The summed E-state index contributed by atoms with van der Waals surface area (Å²) in [6.07, 6.45) is 6.71. The van der Waals surface area contributed by atoms with Crippen LogP contribution in [0.5, 0.6) is 0 Å². The average molecular weight is 497 g/mol. The van der Waals surface area contributed by atoms with E-state index < -0.39 is 8.07 Å². The van der Waals surface area contributed by atoms with Crippen LogP contribution in [0.2, 0.25) is 24.2 Å². The van der Waals surface area contributed by atoms with Gasteiger partial charge in [0.1, 0.15) is 0 Å². The Morgan fingerprint density at radius 2 is 1.38 bits per heavy atom. The maximum Gasteiger partial charge on any atom is 0.0575 e. The summed E-state index contributed by atoms with van der Waals surface area (Å²) in [6.45, 7) is 15.4. The van der Waals surface area contributed by atoms with Gasteiger partial charge in [-0.2, -0.15) is 0 Å². The molecule has 6 rings (SSSR count). The lowest BCUT2D eigenvalue weighted by atomic mass is 9.95. The van der Waals surface area contributed by atoms with Crippen LogP contribution in [-0.2, 0) is 0 Å². The Kier molecular flexibility index (Phi) is 5.45. The molecule has 5 aliphatic rings. The van der Waals surface area contributed by atoms with Crippen LogP contribution in [-0.4, -0.2) is 23.8 Å². The molecule has 1 aromatic rings.